The summed E-state index contributed by atoms with van der Waals surface area (Å²) in [5.41, 5.74) is 1.07. The lowest BCUT2D eigenvalue weighted by Gasteiger charge is -2.39. The molecular formula is C18H27N3O2. The number of rotatable bonds is 3. The Balaban J connectivity index is 1.53. The van der Waals surface area contributed by atoms with Gasteiger partial charge in [-0.15, -0.1) is 0 Å². The second kappa shape index (κ2) is 6.79. The molecule has 0 aliphatic carbocycles. The zero-order valence-corrected chi connectivity index (χ0v) is 13.9. The number of amides is 2. The van der Waals surface area contributed by atoms with E-state index in [1.165, 1.54) is 5.69 Å². The maximum atomic E-state index is 12.5. The predicted octanol–water partition coefficient (Wildman–Crippen LogP) is 2.07. The highest BCUT2D eigenvalue weighted by atomic mass is 16.3. The summed E-state index contributed by atoms with van der Waals surface area (Å²) in [6, 6.07) is 10.6. The van der Waals surface area contributed by atoms with E-state index in [0.29, 0.717) is 6.54 Å². The van der Waals surface area contributed by atoms with Gasteiger partial charge in [-0.05, 0) is 31.4 Å². The number of carbonyl (C=O) groups is 1. The molecule has 0 saturated carbocycles. The van der Waals surface area contributed by atoms with E-state index in [4.69, 9.17) is 0 Å². The molecule has 5 heteroatoms. The maximum absolute atomic E-state index is 12.5. The van der Waals surface area contributed by atoms with Crippen molar-refractivity contribution in [3.63, 3.8) is 0 Å². The fourth-order valence-electron chi connectivity index (χ4n) is 3.64. The minimum absolute atomic E-state index is 0.0179. The van der Waals surface area contributed by atoms with Crippen molar-refractivity contribution >= 4 is 11.7 Å². The molecule has 0 bridgehead atoms. The smallest absolute Gasteiger partial charge is 0.317 e. The van der Waals surface area contributed by atoms with Crippen molar-refractivity contribution < 1.29 is 9.90 Å². The van der Waals surface area contributed by atoms with Gasteiger partial charge in [-0.3, -0.25) is 0 Å². The Labute approximate surface area is 138 Å². The van der Waals surface area contributed by atoms with Crippen LogP contribution in [0.1, 0.15) is 26.2 Å². The van der Waals surface area contributed by atoms with E-state index in [2.05, 4.69) is 29.3 Å². The van der Waals surface area contributed by atoms with E-state index >= 15 is 0 Å². The zero-order chi connectivity index (χ0) is 16.3. The molecule has 1 aromatic rings. The van der Waals surface area contributed by atoms with Crippen molar-refractivity contribution in [2.45, 2.75) is 32.2 Å². The maximum Gasteiger partial charge on any atom is 0.317 e. The van der Waals surface area contributed by atoms with Crippen LogP contribution in [0.5, 0.6) is 0 Å². The summed E-state index contributed by atoms with van der Waals surface area (Å²) >= 11 is 0. The number of nitrogens with one attached hydrogen (secondary N) is 1. The lowest BCUT2D eigenvalue weighted by Crippen LogP contribution is -2.52. The molecule has 2 aliphatic rings. The molecule has 2 amide bonds. The van der Waals surface area contributed by atoms with Crippen LogP contribution in [0, 0.1) is 5.41 Å². The first-order valence-corrected chi connectivity index (χ1v) is 8.56. The van der Waals surface area contributed by atoms with Gasteiger partial charge in [0.15, 0.2) is 0 Å². The van der Waals surface area contributed by atoms with Crippen molar-refractivity contribution in [2.75, 3.05) is 37.7 Å². The van der Waals surface area contributed by atoms with Crippen LogP contribution >= 0.6 is 0 Å². The highest BCUT2D eigenvalue weighted by Crippen LogP contribution is 2.29. The lowest BCUT2D eigenvalue weighted by atomic mass is 9.83. The molecule has 2 heterocycles. The topological polar surface area (TPSA) is 55.8 Å². The van der Waals surface area contributed by atoms with E-state index in [0.717, 1.165) is 38.9 Å². The Morgan fingerprint density at radius 3 is 2.87 bits per heavy atom. The van der Waals surface area contributed by atoms with E-state index in [1.54, 1.807) is 0 Å². The van der Waals surface area contributed by atoms with Gasteiger partial charge in [-0.1, -0.05) is 25.1 Å². The number of aliphatic hydroxyl groups is 1. The summed E-state index contributed by atoms with van der Waals surface area (Å²) in [6.45, 7) is 5.46. The van der Waals surface area contributed by atoms with Gasteiger partial charge in [-0.2, -0.15) is 0 Å². The SMILES string of the molecule is CC1(CO)CCCN(C(=O)NC2CCN(c3ccccc3)C2)C1. The van der Waals surface area contributed by atoms with Gasteiger partial charge in [-0.25, -0.2) is 4.79 Å². The Hall–Kier alpha value is -1.75. The predicted molar refractivity (Wildman–Crippen MR) is 91.6 cm³/mol. The molecule has 5 nitrogen and oxygen atoms in total. The number of hydrogen-bond acceptors (Lipinski definition) is 3. The van der Waals surface area contributed by atoms with Crippen LogP contribution < -0.4 is 10.2 Å². The van der Waals surface area contributed by atoms with Gasteiger partial charge in [0.2, 0.25) is 0 Å². The van der Waals surface area contributed by atoms with Crippen LogP contribution in [-0.2, 0) is 0 Å². The second-order valence-electron chi connectivity index (χ2n) is 7.21. The molecule has 2 unspecified atom stereocenters. The molecule has 0 aromatic heterocycles. The van der Waals surface area contributed by atoms with Crippen molar-refractivity contribution in [3.05, 3.63) is 30.3 Å². The zero-order valence-electron chi connectivity index (χ0n) is 13.9. The molecule has 1 aromatic carbocycles. The first kappa shape index (κ1) is 16.1. The molecule has 2 aliphatic heterocycles. The number of urea groups is 1. The monoisotopic (exact) mass is 317 g/mol. The summed E-state index contributed by atoms with van der Waals surface area (Å²) in [7, 11) is 0. The molecule has 2 fully saturated rings. The van der Waals surface area contributed by atoms with Gasteiger partial charge in [0.25, 0.3) is 0 Å². The van der Waals surface area contributed by atoms with Gasteiger partial charge >= 0.3 is 6.03 Å². The van der Waals surface area contributed by atoms with Crippen molar-refractivity contribution in [1.29, 1.82) is 0 Å². The van der Waals surface area contributed by atoms with Gasteiger partial charge < -0.3 is 20.2 Å². The molecule has 0 spiro atoms. The molecule has 2 saturated heterocycles. The highest BCUT2D eigenvalue weighted by molar-refractivity contribution is 5.75. The van der Waals surface area contributed by atoms with Gasteiger partial charge in [0.05, 0.1) is 6.61 Å². The summed E-state index contributed by atoms with van der Waals surface area (Å²) in [6.07, 6.45) is 2.93. The third kappa shape index (κ3) is 3.78. The number of aliphatic hydroxyl groups excluding tert-OH is 1. The number of likely N-dealkylation sites (tertiary alicyclic amines) is 1. The summed E-state index contributed by atoms with van der Waals surface area (Å²) < 4.78 is 0. The summed E-state index contributed by atoms with van der Waals surface area (Å²) in [4.78, 5) is 16.7. The van der Waals surface area contributed by atoms with Crippen LogP contribution in [0.25, 0.3) is 0 Å². The van der Waals surface area contributed by atoms with Crippen LogP contribution in [0.3, 0.4) is 0 Å². The van der Waals surface area contributed by atoms with E-state index in [-0.39, 0.29) is 24.1 Å². The number of benzene rings is 1. The van der Waals surface area contributed by atoms with Crippen molar-refractivity contribution in [1.82, 2.24) is 10.2 Å². The largest absolute Gasteiger partial charge is 0.396 e. The molecule has 126 valence electrons. The molecule has 23 heavy (non-hydrogen) atoms. The third-order valence-corrected chi connectivity index (χ3v) is 5.09. The standard InChI is InChI=1S/C18H27N3O2/c1-18(14-22)9-5-10-21(13-18)17(23)19-15-8-11-20(12-15)16-6-3-2-4-7-16/h2-4,6-7,15,22H,5,8-14H2,1H3,(H,19,23). The molecular weight excluding hydrogens is 290 g/mol. The third-order valence-electron chi connectivity index (χ3n) is 5.09. The average Bonchev–Trinajstić information content (AvgIpc) is 3.04. The number of carbonyl (C=O) groups excluding carboxylic acids is 1. The van der Waals surface area contributed by atoms with E-state index in [1.807, 2.05) is 23.1 Å². The minimum Gasteiger partial charge on any atom is -0.396 e. The fourth-order valence-corrected chi connectivity index (χ4v) is 3.64. The van der Waals surface area contributed by atoms with Crippen molar-refractivity contribution in [2.24, 2.45) is 5.41 Å². The number of hydrogen-bond donors (Lipinski definition) is 2. The molecule has 0 radical (unpaired) electrons. The summed E-state index contributed by atoms with van der Waals surface area (Å²) in [5, 5.41) is 12.7. The first-order valence-electron chi connectivity index (χ1n) is 8.56. The number of nitrogens with zero attached hydrogens (tertiary/aromatic N) is 2. The van der Waals surface area contributed by atoms with E-state index < -0.39 is 0 Å². The van der Waals surface area contributed by atoms with Gasteiger partial charge in [0.1, 0.15) is 0 Å². The Morgan fingerprint density at radius 1 is 1.35 bits per heavy atom. The Kier molecular flexibility index (Phi) is 4.76. The number of piperidine rings is 1. The van der Waals surface area contributed by atoms with Crippen LogP contribution in [0.2, 0.25) is 0 Å². The quantitative estimate of drug-likeness (QED) is 0.897. The molecule has 2 atom stereocenters. The fraction of sp³-hybridized carbons (Fsp3) is 0.611. The van der Waals surface area contributed by atoms with Crippen LogP contribution in [0.15, 0.2) is 30.3 Å². The lowest BCUT2D eigenvalue weighted by molar-refractivity contribution is 0.0610. The number of para-hydroxylation sites is 1. The Morgan fingerprint density at radius 2 is 2.13 bits per heavy atom. The van der Waals surface area contributed by atoms with Crippen LogP contribution in [0.4, 0.5) is 10.5 Å². The summed E-state index contributed by atoms with van der Waals surface area (Å²) in [5.74, 6) is 0. The van der Waals surface area contributed by atoms with Crippen molar-refractivity contribution in [3.8, 4) is 0 Å². The Bertz CT molecular complexity index is 536. The van der Waals surface area contributed by atoms with Crippen LogP contribution in [-0.4, -0.2) is 54.9 Å². The normalized spacial score (nSPS) is 28.0. The van der Waals surface area contributed by atoms with E-state index in [9.17, 15) is 9.90 Å². The molecule has 3 rings (SSSR count). The molecule has 2 N–H and O–H groups in total. The average molecular weight is 317 g/mol. The number of anilines is 1. The second-order valence-corrected chi connectivity index (χ2v) is 7.21. The van der Waals surface area contributed by atoms with Gasteiger partial charge in [0, 0.05) is 43.3 Å². The highest BCUT2D eigenvalue weighted by Gasteiger charge is 2.34. The minimum atomic E-state index is -0.151. The first-order chi connectivity index (χ1) is 11.1.